The molecule has 13 heteroatoms. The monoisotopic (exact) mass is 530 g/mol. The fraction of sp³-hybridized carbons (Fsp3) is 0.346. The maximum absolute atomic E-state index is 14.3. The highest BCUT2D eigenvalue weighted by molar-refractivity contribution is 6.00. The number of halogens is 1. The number of pyridine rings is 1. The molecule has 1 amide bonds. The molecule has 3 N–H and O–H groups in total. The number of hydrogen-bond donors (Lipinski definition) is 3. The maximum Gasteiger partial charge on any atom is 0.255 e. The van der Waals surface area contributed by atoms with Gasteiger partial charge >= 0.3 is 0 Å². The molecule has 200 valence electrons. The van der Waals surface area contributed by atoms with Crippen LogP contribution in [0.2, 0.25) is 0 Å². The Bertz CT molecular complexity index is 1530. The second-order valence-electron chi connectivity index (χ2n) is 9.85. The van der Waals surface area contributed by atoms with Crippen LogP contribution < -0.4 is 15.5 Å². The average Bonchev–Trinajstić information content (AvgIpc) is 3.58. The third-order valence-electron chi connectivity index (χ3n) is 6.50. The van der Waals surface area contributed by atoms with Gasteiger partial charge in [-0.1, -0.05) is 0 Å². The topological polar surface area (TPSA) is 157 Å². The van der Waals surface area contributed by atoms with Gasteiger partial charge in [0, 0.05) is 43.9 Å². The molecular weight excluding hydrogens is 503 g/mol. The molecule has 1 aliphatic heterocycles. The fourth-order valence-corrected chi connectivity index (χ4v) is 4.28. The number of nitrogens with one attached hydrogen (secondary N) is 2. The van der Waals surface area contributed by atoms with Crippen LogP contribution in [0.1, 0.15) is 36.2 Å². The van der Waals surface area contributed by atoms with Gasteiger partial charge < -0.3 is 20.6 Å². The molecule has 39 heavy (non-hydrogen) atoms. The molecular formula is C26H27FN10O2. The number of nitrogens with zero attached hydrogens (tertiary/aromatic N) is 8. The van der Waals surface area contributed by atoms with E-state index in [1.807, 2.05) is 6.07 Å². The second-order valence-corrected chi connectivity index (χ2v) is 9.85. The number of nitriles is 1. The molecule has 12 nitrogen and oxygen atoms in total. The van der Waals surface area contributed by atoms with Crippen molar-refractivity contribution in [1.82, 2.24) is 34.9 Å². The molecule has 4 aromatic heterocycles. The largest absolute Gasteiger partial charge is 0.387 e. The molecule has 4 aromatic rings. The number of anilines is 2. The molecule has 1 unspecified atom stereocenters. The Morgan fingerprint density at radius 3 is 2.79 bits per heavy atom. The molecule has 5 heterocycles. The van der Waals surface area contributed by atoms with E-state index in [0.29, 0.717) is 40.6 Å². The summed E-state index contributed by atoms with van der Waals surface area (Å²) in [6, 6.07) is 5.50. The van der Waals surface area contributed by atoms with Crippen LogP contribution in [0, 0.1) is 11.3 Å². The zero-order chi connectivity index (χ0) is 27.6. The fourth-order valence-electron chi connectivity index (χ4n) is 4.28. The summed E-state index contributed by atoms with van der Waals surface area (Å²) in [4.78, 5) is 32.6. The lowest BCUT2D eigenvalue weighted by atomic mass is 10.0. The molecule has 0 radical (unpaired) electrons. The highest BCUT2D eigenvalue weighted by atomic mass is 19.1. The van der Waals surface area contributed by atoms with Crippen molar-refractivity contribution < 1.29 is 14.3 Å². The standard InChI is InChI=1S/C26H27FN10O2/c1-26(2,39)22(27)13-33-24(38)19-11-31-20(18-12-34-37-14-16(9-28)10-32-23(18)37)8-21(19)35-17-4-7-36(15-17)25-29-5-3-6-30-25/h3,5-6,8,10-12,14,17,22,39H,4,7,13,15H2,1-2H3,(H,31,35)(H,33,38)/t17-,22?/m1/s1. The normalized spacial score (nSPS) is 16.2. The van der Waals surface area contributed by atoms with Crippen molar-refractivity contribution >= 4 is 23.2 Å². The Hall–Kier alpha value is -4.70. The van der Waals surface area contributed by atoms with Crippen LogP contribution in [0.3, 0.4) is 0 Å². The second kappa shape index (κ2) is 10.6. The lowest BCUT2D eigenvalue weighted by Gasteiger charge is -2.23. The minimum absolute atomic E-state index is 0.0267. The maximum atomic E-state index is 14.3. The van der Waals surface area contributed by atoms with Gasteiger partial charge in [-0.25, -0.2) is 23.9 Å². The van der Waals surface area contributed by atoms with Crippen LogP contribution >= 0.6 is 0 Å². The molecule has 0 aromatic carbocycles. The van der Waals surface area contributed by atoms with Gasteiger partial charge in [-0.2, -0.15) is 10.4 Å². The van der Waals surface area contributed by atoms with Gasteiger partial charge in [-0.05, 0) is 32.4 Å². The molecule has 5 rings (SSSR count). The van der Waals surface area contributed by atoms with E-state index >= 15 is 0 Å². The highest BCUT2D eigenvalue weighted by Crippen LogP contribution is 2.28. The summed E-state index contributed by atoms with van der Waals surface area (Å²) in [6.45, 7) is 3.68. The van der Waals surface area contributed by atoms with E-state index in [4.69, 9.17) is 5.26 Å². The average molecular weight is 531 g/mol. The summed E-state index contributed by atoms with van der Waals surface area (Å²) in [6.07, 6.45) is 8.55. The van der Waals surface area contributed by atoms with E-state index in [0.717, 1.165) is 13.0 Å². The predicted molar refractivity (Wildman–Crippen MR) is 141 cm³/mol. The first-order valence-electron chi connectivity index (χ1n) is 12.4. The number of alkyl halides is 1. The molecule has 1 aliphatic rings. The summed E-state index contributed by atoms with van der Waals surface area (Å²) in [5, 5.41) is 29.3. The Kier molecular flexibility index (Phi) is 7.03. The summed E-state index contributed by atoms with van der Waals surface area (Å²) in [5.74, 6) is 0.103. The van der Waals surface area contributed by atoms with E-state index < -0.39 is 17.7 Å². The van der Waals surface area contributed by atoms with Crippen molar-refractivity contribution in [2.24, 2.45) is 0 Å². The molecule has 1 fully saturated rings. The van der Waals surface area contributed by atoms with E-state index in [2.05, 4.69) is 40.6 Å². The minimum Gasteiger partial charge on any atom is -0.387 e. The van der Waals surface area contributed by atoms with Crippen LogP contribution in [0.15, 0.2) is 49.3 Å². The Balaban J connectivity index is 1.44. The van der Waals surface area contributed by atoms with Crippen molar-refractivity contribution in [3.8, 4) is 17.3 Å². The van der Waals surface area contributed by atoms with Crippen LogP contribution in [-0.2, 0) is 0 Å². The van der Waals surface area contributed by atoms with Gasteiger partial charge in [0.2, 0.25) is 5.95 Å². The summed E-state index contributed by atoms with van der Waals surface area (Å²) >= 11 is 0. The first kappa shape index (κ1) is 25.9. The molecule has 0 bridgehead atoms. The van der Waals surface area contributed by atoms with Crippen LogP contribution in [0.25, 0.3) is 16.9 Å². The van der Waals surface area contributed by atoms with Gasteiger partial charge in [0.1, 0.15) is 12.2 Å². The first-order chi connectivity index (χ1) is 18.7. The number of aliphatic hydroxyl groups is 1. The number of rotatable bonds is 8. The van der Waals surface area contributed by atoms with Crippen LogP contribution in [-0.4, -0.2) is 78.0 Å². The third kappa shape index (κ3) is 5.60. The molecule has 0 aliphatic carbocycles. The quantitative estimate of drug-likeness (QED) is 0.308. The molecule has 0 saturated carbocycles. The molecule has 1 saturated heterocycles. The summed E-state index contributed by atoms with van der Waals surface area (Å²) < 4.78 is 15.8. The summed E-state index contributed by atoms with van der Waals surface area (Å²) in [7, 11) is 0. The van der Waals surface area contributed by atoms with Gasteiger partial charge in [-0.15, -0.1) is 0 Å². The highest BCUT2D eigenvalue weighted by Gasteiger charge is 2.29. The van der Waals surface area contributed by atoms with E-state index in [9.17, 15) is 14.3 Å². The minimum atomic E-state index is -1.65. The number of carbonyl (C=O) groups is 1. The van der Waals surface area contributed by atoms with Gasteiger partial charge in [-0.3, -0.25) is 9.78 Å². The number of hydrogen-bond acceptors (Lipinski definition) is 10. The van der Waals surface area contributed by atoms with Crippen molar-refractivity contribution in [2.75, 3.05) is 29.9 Å². The van der Waals surface area contributed by atoms with Gasteiger partial charge in [0.05, 0.1) is 52.6 Å². The van der Waals surface area contributed by atoms with Crippen molar-refractivity contribution in [3.63, 3.8) is 0 Å². The van der Waals surface area contributed by atoms with E-state index in [-0.39, 0.29) is 18.2 Å². The van der Waals surface area contributed by atoms with Crippen molar-refractivity contribution in [2.45, 2.75) is 38.1 Å². The number of fused-ring (bicyclic) bond motifs is 1. The van der Waals surface area contributed by atoms with Crippen molar-refractivity contribution in [3.05, 3.63) is 60.4 Å². The smallest absolute Gasteiger partial charge is 0.255 e. The van der Waals surface area contributed by atoms with Crippen LogP contribution in [0.5, 0.6) is 0 Å². The van der Waals surface area contributed by atoms with Crippen molar-refractivity contribution in [1.29, 1.82) is 5.26 Å². The molecule has 0 spiro atoms. The Morgan fingerprint density at radius 2 is 2.05 bits per heavy atom. The summed E-state index contributed by atoms with van der Waals surface area (Å²) in [5.41, 5.74) is 1.14. The first-order valence-corrected chi connectivity index (χ1v) is 12.4. The number of carbonyl (C=O) groups excluding carboxylic acids is 1. The number of amides is 1. The predicted octanol–water partition coefficient (Wildman–Crippen LogP) is 1.98. The molecule has 2 atom stereocenters. The lowest BCUT2D eigenvalue weighted by molar-refractivity contribution is -0.00177. The SMILES string of the molecule is CC(C)(O)C(F)CNC(=O)c1cnc(-c2cnn3cc(C#N)cnc23)cc1N[C@@H]1CCN(c2ncccn2)C1. The Labute approximate surface area is 223 Å². The van der Waals surface area contributed by atoms with E-state index in [1.54, 1.807) is 36.9 Å². The third-order valence-corrected chi connectivity index (χ3v) is 6.50. The van der Waals surface area contributed by atoms with E-state index in [1.165, 1.54) is 30.8 Å². The zero-order valence-corrected chi connectivity index (χ0v) is 21.4. The lowest BCUT2D eigenvalue weighted by Crippen LogP contribution is -2.42. The zero-order valence-electron chi connectivity index (χ0n) is 21.4. The number of aromatic nitrogens is 6. The van der Waals surface area contributed by atoms with Crippen LogP contribution in [0.4, 0.5) is 16.0 Å². The Morgan fingerprint density at radius 1 is 1.26 bits per heavy atom. The van der Waals surface area contributed by atoms with Gasteiger partial charge in [0.15, 0.2) is 5.65 Å². The van der Waals surface area contributed by atoms with Gasteiger partial charge in [0.25, 0.3) is 5.91 Å².